The Balaban J connectivity index is 2.13. The third-order valence-corrected chi connectivity index (χ3v) is 4.92. The SMILES string of the molecule is CC(NS(=O)(=O)c1cccc(N)c1)C1CCC1. The molecule has 0 radical (unpaired) electrons. The monoisotopic (exact) mass is 254 g/mol. The van der Waals surface area contributed by atoms with Gasteiger partial charge in [0.25, 0.3) is 0 Å². The van der Waals surface area contributed by atoms with E-state index in [4.69, 9.17) is 5.73 Å². The zero-order valence-corrected chi connectivity index (χ0v) is 10.7. The Bertz CT molecular complexity index is 495. The highest BCUT2D eigenvalue weighted by Gasteiger charge is 2.27. The first-order chi connectivity index (χ1) is 7.99. The van der Waals surface area contributed by atoms with Crippen LogP contribution in [0, 0.1) is 5.92 Å². The van der Waals surface area contributed by atoms with Crippen LogP contribution in [0.2, 0.25) is 0 Å². The van der Waals surface area contributed by atoms with E-state index >= 15 is 0 Å². The number of nitrogens with two attached hydrogens (primary N) is 1. The fourth-order valence-electron chi connectivity index (χ4n) is 2.03. The Hall–Kier alpha value is -1.07. The number of sulfonamides is 1. The summed E-state index contributed by atoms with van der Waals surface area (Å²) in [6, 6.07) is 6.36. The number of hydrogen-bond donors (Lipinski definition) is 2. The van der Waals surface area contributed by atoms with Gasteiger partial charge in [0.2, 0.25) is 10.0 Å². The van der Waals surface area contributed by atoms with Crippen LogP contribution in [0.5, 0.6) is 0 Å². The molecule has 1 aromatic carbocycles. The molecule has 5 heteroatoms. The molecule has 0 aliphatic heterocycles. The van der Waals surface area contributed by atoms with Gasteiger partial charge >= 0.3 is 0 Å². The molecule has 1 aliphatic carbocycles. The summed E-state index contributed by atoms with van der Waals surface area (Å²) in [6.45, 7) is 1.92. The number of nitrogen functional groups attached to an aromatic ring is 1. The average molecular weight is 254 g/mol. The predicted molar refractivity (Wildman–Crippen MR) is 68.0 cm³/mol. The van der Waals surface area contributed by atoms with Crippen molar-refractivity contribution in [3.8, 4) is 0 Å². The Labute approximate surface area is 102 Å². The van der Waals surface area contributed by atoms with Gasteiger partial charge in [-0.15, -0.1) is 0 Å². The van der Waals surface area contributed by atoms with Crippen molar-refractivity contribution < 1.29 is 8.42 Å². The highest BCUT2D eigenvalue weighted by atomic mass is 32.2. The van der Waals surface area contributed by atoms with Crippen LogP contribution < -0.4 is 10.5 Å². The number of hydrogen-bond acceptors (Lipinski definition) is 3. The van der Waals surface area contributed by atoms with Crippen LogP contribution in [0.25, 0.3) is 0 Å². The van der Waals surface area contributed by atoms with Crippen molar-refractivity contribution in [3.05, 3.63) is 24.3 Å². The molecule has 1 fully saturated rings. The summed E-state index contributed by atoms with van der Waals surface area (Å²) >= 11 is 0. The summed E-state index contributed by atoms with van der Waals surface area (Å²) in [6.07, 6.45) is 3.43. The van der Waals surface area contributed by atoms with E-state index in [1.165, 1.54) is 12.5 Å². The molecule has 4 nitrogen and oxygen atoms in total. The second-order valence-corrected chi connectivity index (χ2v) is 6.39. The topological polar surface area (TPSA) is 72.2 Å². The maximum Gasteiger partial charge on any atom is 0.240 e. The van der Waals surface area contributed by atoms with Gasteiger partial charge in [-0.3, -0.25) is 0 Å². The minimum absolute atomic E-state index is 0.00446. The van der Waals surface area contributed by atoms with Crippen LogP contribution >= 0.6 is 0 Å². The van der Waals surface area contributed by atoms with Gasteiger partial charge in [-0.1, -0.05) is 12.5 Å². The Morgan fingerprint density at radius 2 is 2.12 bits per heavy atom. The van der Waals surface area contributed by atoms with Gasteiger partial charge in [0.05, 0.1) is 4.90 Å². The van der Waals surface area contributed by atoms with Crippen LogP contribution in [0.3, 0.4) is 0 Å². The number of anilines is 1. The van der Waals surface area contributed by atoms with E-state index in [1.807, 2.05) is 6.92 Å². The quantitative estimate of drug-likeness (QED) is 0.804. The van der Waals surface area contributed by atoms with E-state index < -0.39 is 10.0 Å². The molecule has 0 bridgehead atoms. The third kappa shape index (κ3) is 2.79. The lowest BCUT2D eigenvalue weighted by Crippen LogP contribution is -2.40. The summed E-state index contributed by atoms with van der Waals surface area (Å²) in [7, 11) is -3.43. The average Bonchev–Trinajstić information content (AvgIpc) is 2.13. The first-order valence-corrected chi connectivity index (χ1v) is 7.35. The molecular formula is C12H18N2O2S. The van der Waals surface area contributed by atoms with Gasteiger partial charge in [0.1, 0.15) is 0 Å². The second kappa shape index (κ2) is 4.66. The van der Waals surface area contributed by atoms with Gasteiger partial charge in [0.15, 0.2) is 0 Å². The largest absolute Gasteiger partial charge is 0.399 e. The molecular weight excluding hydrogens is 236 g/mol. The van der Waals surface area contributed by atoms with Gasteiger partial charge < -0.3 is 5.73 Å². The predicted octanol–water partition coefficient (Wildman–Crippen LogP) is 1.74. The van der Waals surface area contributed by atoms with Crippen LogP contribution in [-0.4, -0.2) is 14.5 Å². The van der Waals surface area contributed by atoms with Crippen molar-refractivity contribution in [3.63, 3.8) is 0 Å². The van der Waals surface area contributed by atoms with Crippen molar-refractivity contribution in [2.45, 2.75) is 37.1 Å². The highest BCUT2D eigenvalue weighted by Crippen LogP contribution is 2.30. The van der Waals surface area contributed by atoms with Crippen molar-refractivity contribution in [2.75, 3.05) is 5.73 Å². The van der Waals surface area contributed by atoms with Crippen LogP contribution in [0.1, 0.15) is 26.2 Å². The molecule has 1 aromatic rings. The molecule has 1 unspecified atom stereocenters. The lowest BCUT2D eigenvalue weighted by Gasteiger charge is -2.31. The number of rotatable bonds is 4. The summed E-state index contributed by atoms with van der Waals surface area (Å²) in [5.41, 5.74) is 6.05. The van der Waals surface area contributed by atoms with Crippen molar-refractivity contribution >= 4 is 15.7 Å². The van der Waals surface area contributed by atoms with Crippen molar-refractivity contribution in [1.29, 1.82) is 0 Å². The van der Waals surface area contributed by atoms with Crippen LogP contribution in [0.15, 0.2) is 29.2 Å². The Morgan fingerprint density at radius 3 is 2.65 bits per heavy atom. The Kier molecular flexibility index (Phi) is 3.40. The van der Waals surface area contributed by atoms with Crippen LogP contribution in [-0.2, 0) is 10.0 Å². The van der Waals surface area contributed by atoms with Gasteiger partial charge in [-0.2, -0.15) is 0 Å². The first kappa shape index (κ1) is 12.4. The summed E-state index contributed by atoms with van der Waals surface area (Å²) in [4.78, 5) is 0.240. The van der Waals surface area contributed by atoms with Crippen molar-refractivity contribution in [1.82, 2.24) is 4.72 Å². The molecule has 0 heterocycles. The molecule has 0 amide bonds. The molecule has 3 N–H and O–H groups in total. The molecule has 1 aliphatic rings. The van der Waals surface area contributed by atoms with Gasteiger partial charge in [-0.05, 0) is 43.9 Å². The minimum Gasteiger partial charge on any atom is -0.399 e. The van der Waals surface area contributed by atoms with Crippen molar-refractivity contribution in [2.24, 2.45) is 5.92 Å². The normalized spacial score (nSPS) is 18.6. The van der Waals surface area contributed by atoms with E-state index in [1.54, 1.807) is 18.2 Å². The first-order valence-electron chi connectivity index (χ1n) is 5.87. The molecule has 17 heavy (non-hydrogen) atoms. The van der Waals surface area contributed by atoms with E-state index in [2.05, 4.69) is 4.72 Å². The zero-order chi connectivity index (χ0) is 12.5. The highest BCUT2D eigenvalue weighted by molar-refractivity contribution is 7.89. The van der Waals surface area contributed by atoms with Gasteiger partial charge in [0, 0.05) is 11.7 Å². The zero-order valence-electron chi connectivity index (χ0n) is 9.89. The second-order valence-electron chi connectivity index (χ2n) is 4.67. The third-order valence-electron chi connectivity index (χ3n) is 3.37. The molecule has 1 saturated carbocycles. The molecule has 2 rings (SSSR count). The lowest BCUT2D eigenvalue weighted by molar-refractivity contribution is 0.260. The van der Waals surface area contributed by atoms with Gasteiger partial charge in [-0.25, -0.2) is 13.1 Å². The van der Waals surface area contributed by atoms with E-state index in [-0.39, 0.29) is 10.9 Å². The van der Waals surface area contributed by atoms with E-state index in [9.17, 15) is 8.42 Å². The van der Waals surface area contributed by atoms with Crippen LogP contribution in [0.4, 0.5) is 5.69 Å². The van der Waals surface area contributed by atoms with E-state index in [0.29, 0.717) is 11.6 Å². The molecule has 0 spiro atoms. The Morgan fingerprint density at radius 1 is 1.41 bits per heavy atom. The lowest BCUT2D eigenvalue weighted by atomic mass is 9.81. The summed E-state index contributed by atoms with van der Waals surface area (Å²) < 4.78 is 26.9. The minimum atomic E-state index is -3.43. The number of nitrogens with one attached hydrogen (secondary N) is 1. The fourth-order valence-corrected chi connectivity index (χ4v) is 3.40. The standard InChI is InChI=1S/C12H18N2O2S/c1-9(10-4-2-5-10)14-17(15,16)12-7-3-6-11(13)8-12/h3,6-10,14H,2,4-5,13H2,1H3. The molecule has 0 aromatic heterocycles. The molecule has 0 saturated heterocycles. The number of benzene rings is 1. The maximum absolute atomic E-state index is 12.1. The fraction of sp³-hybridized carbons (Fsp3) is 0.500. The summed E-state index contributed by atoms with van der Waals surface area (Å²) in [5, 5.41) is 0. The molecule has 94 valence electrons. The summed E-state index contributed by atoms with van der Waals surface area (Å²) in [5.74, 6) is 0.478. The smallest absolute Gasteiger partial charge is 0.240 e. The maximum atomic E-state index is 12.1. The molecule has 1 atom stereocenters. The van der Waals surface area contributed by atoms with E-state index in [0.717, 1.165) is 12.8 Å².